The van der Waals surface area contributed by atoms with Crippen LogP contribution in [0.2, 0.25) is 0 Å². The molecule has 0 unspecified atom stereocenters. The summed E-state index contributed by atoms with van der Waals surface area (Å²) >= 11 is 0. The van der Waals surface area contributed by atoms with Crippen LogP contribution in [0.25, 0.3) is 0 Å². The second-order valence-corrected chi connectivity index (χ2v) is 5.03. The Morgan fingerprint density at radius 3 is 2.14 bits per heavy atom. The number of ketones is 3. The summed E-state index contributed by atoms with van der Waals surface area (Å²) in [4.78, 5) is 44.6. The van der Waals surface area contributed by atoms with Crippen molar-refractivity contribution >= 4 is 28.9 Å². The van der Waals surface area contributed by atoms with Crippen LogP contribution in [0.15, 0.2) is 24.3 Å². The van der Waals surface area contributed by atoms with E-state index in [-0.39, 0.29) is 49.3 Å². The highest BCUT2D eigenvalue weighted by molar-refractivity contribution is 5.98. The second-order valence-electron chi connectivity index (χ2n) is 5.03. The third-order valence-electron chi connectivity index (χ3n) is 2.62. The minimum Gasteiger partial charge on any atom is -0.364 e. The molecule has 0 aliphatic rings. The molecule has 0 saturated carbocycles. The summed E-state index contributed by atoms with van der Waals surface area (Å²) in [7, 11) is 0. The number of Topliss-reactive ketones (excluding diaryl/α,β-unsaturated/α-hetero) is 3. The SMILES string of the molecule is CC(=O)COCC(=O)Nc1ccc(CC(=O)CC(C)=O)cc1. The Kier molecular flexibility index (Phi) is 7.12. The molecule has 0 heterocycles. The van der Waals surface area contributed by atoms with Gasteiger partial charge in [0.25, 0.3) is 0 Å². The molecular weight excluding hydrogens is 286 g/mol. The van der Waals surface area contributed by atoms with Crippen LogP contribution >= 0.6 is 0 Å². The zero-order valence-corrected chi connectivity index (χ0v) is 12.7. The molecule has 0 spiro atoms. The lowest BCUT2D eigenvalue weighted by molar-refractivity contribution is -0.127. The van der Waals surface area contributed by atoms with Gasteiger partial charge in [-0.25, -0.2) is 0 Å². The molecule has 6 heteroatoms. The summed E-state index contributed by atoms with van der Waals surface area (Å²) in [5.74, 6) is -0.796. The monoisotopic (exact) mass is 305 g/mol. The van der Waals surface area contributed by atoms with E-state index in [1.807, 2.05) is 0 Å². The summed E-state index contributed by atoms with van der Waals surface area (Å²) in [6.07, 6.45) is 0.126. The average molecular weight is 305 g/mol. The van der Waals surface area contributed by atoms with Gasteiger partial charge in [0, 0.05) is 12.1 Å². The molecule has 118 valence electrons. The fourth-order valence-corrected chi connectivity index (χ4v) is 1.76. The number of hydrogen-bond donors (Lipinski definition) is 1. The molecule has 22 heavy (non-hydrogen) atoms. The van der Waals surface area contributed by atoms with Crippen LogP contribution in [0.4, 0.5) is 5.69 Å². The van der Waals surface area contributed by atoms with E-state index in [1.165, 1.54) is 13.8 Å². The van der Waals surface area contributed by atoms with Crippen molar-refractivity contribution in [2.75, 3.05) is 18.5 Å². The number of anilines is 1. The van der Waals surface area contributed by atoms with Crippen molar-refractivity contribution in [1.29, 1.82) is 0 Å². The van der Waals surface area contributed by atoms with Gasteiger partial charge in [-0.3, -0.25) is 19.2 Å². The first-order valence-electron chi connectivity index (χ1n) is 6.84. The van der Waals surface area contributed by atoms with Gasteiger partial charge in [-0.05, 0) is 31.5 Å². The molecule has 1 N–H and O–H groups in total. The third kappa shape index (κ3) is 7.44. The summed E-state index contributed by atoms with van der Waals surface area (Å²) in [6.45, 7) is 2.47. The lowest BCUT2D eigenvalue weighted by atomic mass is 10.1. The predicted molar refractivity (Wildman–Crippen MR) is 80.6 cm³/mol. The largest absolute Gasteiger partial charge is 0.364 e. The van der Waals surface area contributed by atoms with E-state index < -0.39 is 0 Å². The Morgan fingerprint density at radius 2 is 1.59 bits per heavy atom. The zero-order chi connectivity index (χ0) is 16.5. The van der Waals surface area contributed by atoms with E-state index in [4.69, 9.17) is 4.74 Å². The number of rotatable bonds is 9. The van der Waals surface area contributed by atoms with Crippen molar-refractivity contribution in [3.63, 3.8) is 0 Å². The maximum absolute atomic E-state index is 11.5. The molecule has 1 rings (SSSR count). The molecule has 0 aliphatic carbocycles. The molecule has 1 amide bonds. The highest BCUT2D eigenvalue weighted by Crippen LogP contribution is 2.11. The molecule has 1 aromatic rings. The average Bonchev–Trinajstić information content (AvgIpc) is 2.39. The van der Waals surface area contributed by atoms with E-state index in [2.05, 4.69) is 5.32 Å². The Bertz CT molecular complexity index is 562. The van der Waals surface area contributed by atoms with Gasteiger partial charge in [0.15, 0.2) is 5.78 Å². The highest BCUT2D eigenvalue weighted by atomic mass is 16.5. The molecular formula is C16H19NO5. The number of amides is 1. The molecule has 0 atom stereocenters. The minimum atomic E-state index is -0.360. The van der Waals surface area contributed by atoms with E-state index in [1.54, 1.807) is 24.3 Å². The predicted octanol–water partition coefficient (Wildman–Crippen LogP) is 1.32. The van der Waals surface area contributed by atoms with Gasteiger partial charge in [-0.2, -0.15) is 0 Å². The lowest BCUT2D eigenvalue weighted by Crippen LogP contribution is -2.20. The lowest BCUT2D eigenvalue weighted by Gasteiger charge is -2.06. The van der Waals surface area contributed by atoms with E-state index in [0.29, 0.717) is 5.69 Å². The van der Waals surface area contributed by atoms with Gasteiger partial charge in [0.05, 0.1) is 6.42 Å². The molecule has 0 radical (unpaired) electrons. The third-order valence-corrected chi connectivity index (χ3v) is 2.62. The topological polar surface area (TPSA) is 89.5 Å². The van der Waals surface area contributed by atoms with Crippen molar-refractivity contribution in [3.8, 4) is 0 Å². The van der Waals surface area contributed by atoms with E-state index >= 15 is 0 Å². The first kappa shape index (κ1) is 17.7. The fraction of sp³-hybridized carbons (Fsp3) is 0.375. The van der Waals surface area contributed by atoms with Crippen LogP contribution in [0.1, 0.15) is 25.8 Å². The van der Waals surface area contributed by atoms with E-state index in [0.717, 1.165) is 5.56 Å². The molecule has 1 aromatic carbocycles. The van der Waals surface area contributed by atoms with Crippen LogP contribution in [0.5, 0.6) is 0 Å². The molecule has 0 fully saturated rings. The Labute approximate surface area is 128 Å². The number of hydrogen-bond acceptors (Lipinski definition) is 5. The number of carbonyl (C=O) groups excluding carboxylic acids is 4. The Hall–Kier alpha value is -2.34. The smallest absolute Gasteiger partial charge is 0.250 e. The van der Waals surface area contributed by atoms with Crippen LogP contribution < -0.4 is 5.32 Å². The molecule has 0 aromatic heterocycles. The first-order valence-corrected chi connectivity index (χ1v) is 6.84. The van der Waals surface area contributed by atoms with E-state index in [9.17, 15) is 19.2 Å². The first-order chi connectivity index (χ1) is 10.4. The molecule has 0 aliphatic heterocycles. The van der Waals surface area contributed by atoms with Crippen molar-refractivity contribution in [2.24, 2.45) is 0 Å². The van der Waals surface area contributed by atoms with Gasteiger partial charge < -0.3 is 10.1 Å². The molecule has 6 nitrogen and oxygen atoms in total. The number of benzene rings is 1. The zero-order valence-electron chi connectivity index (χ0n) is 12.7. The quantitative estimate of drug-likeness (QED) is 0.695. The summed E-state index contributed by atoms with van der Waals surface area (Å²) < 4.78 is 4.90. The van der Waals surface area contributed by atoms with Crippen LogP contribution in [-0.4, -0.2) is 36.5 Å². The second kappa shape index (κ2) is 8.84. The van der Waals surface area contributed by atoms with Crippen molar-refractivity contribution < 1.29 is 23.9 Å². The minimum absolute atomic E-state index is 0.0635. The Balaban J connectivity index is 2.44. The van der Waals surface area contributed by atoms with Gasteiger partial charge >= 0.3 is 0 Å². The molecule has 0 bridgehead atoms. The summed E-state index contributed by atoms with van der Waals surface area (Å²) in [5, 5.41) is 2.61. The maximum Gasteiger partial charge on any atom is 0.250 e. The van der Waals surface area contributed by atoms with Crippen molar-refractivity contribution in [2.45, 2.75) is 26.7 Å². The summed E-state index contributed by atoms with van der Waals surface area (Å²) in [6, 6.07) is 6.76. The van der Waals surface area contributed by atoms with Gasteiger partial charge in [0.1, 0.15) is 24.8 Å². The maximum atomic E-state index is 11.5. The highest BCUT2D eigenvalue weighted by Gasteiger charge is 2.07. The van der Waals surface area contributed by atoms with Crippen molar-refractivity contribution in [3.05, 3.63) is 29.8 Å². The number of nitrogens with one attached hydrogen (secondary N) is 1. The summed E-state index contributed by atoms with van der Waals surface area (Å²) in [5.41, 5.74) is 1.34. The van der Waals surface area contributed by atoms with Crippen LogP contribution in [0, 0.1) is 0 Å². The standard InChI is InChI=1S/C16H19NO5/c1-11(18)7-15(20)8-13-3-5-14(6-4-13)17-16(21)10-22-9-12(2)19/h3-6H,7-10H2,1-2H3,(H,17,21). The van der Waals surface area contributed by atoms with Gasteiger partial charge in [0.2, 0.25) is 5.91 Å². The van der Waals surface area contributed by atoms with Crippen LogP contribution in [0.3, 0.4) is 0 Å². The van der Waals surface area contributed by atoms with Gasteiger partial charge in [-0.1, -0.05) is 12.1 Å². The van der Waals surface area contributed by atoms with Crippen molar-refractivity contribution in [1.82, 2.24) is 0 Å². The molecule has 0 saturated heterocycles. The normalized spacial score (nSPS) is 10.1. The number of carbonyl (C=O) groups is 4. The number of ether oxygens (including phenoxy) is 1. The van der Waals surface area contributed by atoms with Crippen LogP contribution in [-0.2, 0) is 30.3 Å². The van der Waals surface area contributed by atoms with Gasteiger partial charge in [-0.15, -0.1) is 0 Å². The fourth-order valence-electron chi connectivity index (χ4n) is 1.76. The Morgan fingerprint density at radius 1 is 0.955 bits per heavy atom.